The number of nitrogens with zero attached hydrogens (tertiary/aromatic N) is 1. The van der Waals surface area contributed by atoms with Gasteiger partial charge in [0.05, 0.1) is 6.42 Å². The van der Waals surface area contributed by atoms with E-state index in [1.165, 1.54) is 0 Å². The molecule has 2 atom stereocenters. The van der Waals surface area contributed by atoms with E-state index in [2.05, 4.69) is 12.6 Å². The highest BCUT2D eigenvalue weighted by Crippen LogP contribution is 2.26. The Morgan fingerprint density at radius 1 is 1.41 bits per heavy atom. The number of anilines is 1. The van der Waals surface area contributed by atoms with Gasteiger partial charge >= 0.3 is 5.97 Å². The largest absolute Gasteiger partial charge is 0.481 e. The first-order valence-corrected chi connectivity index (χ1v) is 5.86. The van der Waals surface area contributed by atoms with Crippen LogP contribution in [0, 0.1) is 0 Å². The summed E-state index contributed by atoms with van der Waals surface area (Å²) in [5, 5.41) is 8.41. The van der Waals surface area contributed by atoms with Gasteiger partial charge in [0.2, 0.25) is 0 Å². The van der Waals surface area contributed by atoms with Crippen LogP contribution in [0.3, 0.4) is 0 Å². The fourth-order valence-corrected chi connectivity index (χ4v) is 1.81. The Balaban J connectivity index is 2.75. The van der Waals surface area contributed by atoms with Crippen molar-refractivity contribution in [1.29, 1.82) is 0 Å². The van der Waals surface area contributed by atoms with E-state index in [-0.39, 0.29) is 11.7 Å². The first kappa shape index (κ1) is 13.9. The Bertz CT molecular complexity index is 379. The predicted octanol–water partition coefficient (Wildman–Crippen LogP) is 1.53. The predicted molar refractivity (Wildman–Crippen MR) is 72.7 cm³/mol. The number of rotatable bonds is 5. The van der Waals surface area contributed by atoms with Crippen LogP contribution in [-0.2, 0) is 4.79 Å². The molecule has 5 heteroatoms. The van der Waals surface area contributed by atoms with Crippen molar-refractivity contribution in [3.05, 3.63) is 29.8 Å². The van der Waals surface area contributed by atoms with Gasteiger partial charge in [-0.15, -0.1) is 0 Å². The van der Waals surface area contributed by atoms with Gasteiger partial charge in [0.25, 0.3) is 0 Å². The number of hydrogen-bond acceptors (Lipinski definition) is 4. The lowest BCUT2D eigenvalue weighted by Crippen LogP contribution is -2.28. The standard InChI is InChI=1S/C12H18N2O2S/c1-14(2)9-5-3-8(4-6-9)12(17)10(13)7-11(15)16/h3-6,10,12,17H,7,13H2,1-2H3,(H,15,16). The Hall–Kier alpha value is -1.20. The first-order chi connectivity index (χ1) is 7.91. The van der Waals surface area contributed by atoms with Crippen molar-refractivity contribution in [3.63, 3.8) is 0 Å². The SMILES string of the molecule is CN(C)c1ccc(C(S)C(N)CC(=O)O)cc1. The molecule has 0 aliphatic rings. The zero-order valence-electron chi connectivity index (χ0n) is 10.00. The Morgan fingerprint density at radius 2 is 1.94 bits per heavy atom. The van der Waals surface area contributed by atoms with Crippen molar-refractivity contribution in [2.24, 2.45) is 5.73 Å². The summed E-state index contributed by atoms with van der Waals surface area (Å²) in [5.74, 6) is -0.901. The van der Waals surface area contributed by atoms with Gasteiger partial charge in [-0.2, -0.15) is 12.6 Å². The van der Waals surface area contributed by atoms with Crippen molar-refractivity contribution >= 4 is 24.3 Å². The van der Waals surface area contributed by atoms with Gasteiger partial charge in [0.1, 0.15) is 0 Å². The molecule has 0 fully saturated rings. The zero-order valence-corrected chi connectivity index (χ0v) is 10.9. The van der Waals surface area contributed by atoms with Crippen LogP contribution >= 0.6 is 12.6 Å². The van der Waals surface area contributed by atoms with Gasteiger partial charge in [-0.1, -0.05) is 12.1 Å². The van der Waals surface area contributed by atoms with Gasteiger partial charge in [-0.25, -0.2) is 0 Å². The molecule has 1 rings (SSSR count). The number of benzene rings is 1. The number of hydrogen-bond donors (Lipinski definition) is 3. The van der Waals surface area contributed by atoms with Gasteiger partial charge in [0, 0.05) is 31.1 Å². The van der Waals surface area contributed by atoms with Gasteiger partial charge in [-0.3, -0.25) is 4.79 Å². The van der Waals surface area contributed by atoms with E-state index >= 15 is 0 Å². The molecule has 94 valence electrons. The highest BCUT2D eigenvalue weighted by molar-refractivity contribution is 7.80. The van der Waals surface area contributed by atoms with Crippen LogP contribution in [0.5, 0.6) is 0 Å². The highest BCUT2D eigenvalue weighted by Gasteiger charge is 2.18. The van der Waals surface area contributed by atoms with Gasteiger partial charge < -0.3 is 15.7 Å². The second-order valence-electron chi connectivity index (χ2n) is 4.19. The number of carboxylic acid groups (broad SMARTS) is 1. The normalized spacial score (nSPS) is 14.1. The van der Waals surface area contributed by atoms with E-state index < -0.39 is 12.0 Å². The summed E-state index contributed by atoms with van der Waals surface area (Å²) < 4.78 is 0. The summed E-state index contributed by atoms with van der Waals surface area (Å²) in [5.41, 5.74) is 7.80. The number of thiol groups is 1. The van der Waals surface area contributed by atoms with Crippen molar-refractivity contribution in [2.75, 3.05) is 19.0 Å². The average Bonchev–Trinajstić information content (AvgIpc) is 2.27. The Morgan fingerprint density at radius 3 is 2.35 bits per heavy atom. The van der Waals surface area contributed by atoms with E-state index in [0.29, 0.717) is 0 Å². The van der Waals surface area contributed by atoms with Crippen LogP contribution < -0.4 is 10.6 Å². The minimum Gasteiger partial charge on any atom is -0.481 e. The number of nitrogens with two attached hydrogens (primary N) is 1. The lowest BCUT2D eigenvalue weighted by molar-refractivity contribution is -0.137. The lowest BCUT2D eigenvalue weighted by Gasteiger charge is -2.19. The average molecular weight is 254 g/mol. The van der Waals surface area contributed by atoms with Crippen molar-refractivity contribution in [1.82, 2.24) is 0 Å². The molecule has 1 aromatic rings. The van der Waals surface area contributed by atoms with E-state index in [4.69, 9.17) is 10.8 Å². The summed E-state index contributed by atoms with van der Waals surface area (Å²) in [6.07, 6.45) is -0.0798. The van der Waals surface area contributed by atoms with Crippen LogP contribution in [0.15, 0.2) is 24.3 Å². The number of carboxylic acids is 1. The number of carbonyl (C=O) groups is 1. The lowest BCUT2D eigenvalue weighted by atomic mass is 10.0. The minimum atomic E-state index is -0.901. The first-order valence-electron chi connectivity index (χ1n) is 5.34. The molecular formula is C12H18N2O2S. The monoisotopic (exact) mass is 254 g/mol. The Labute approximate surface area is 107 Å². The zero-order chi connectivity index (χ0) is 13.0. The van der Waals surface area contributed by atoms with E-state index in [9.17, 15) is 4.79 Å². The molecule has 2 unspecified atom stereocenters. The van der Waals surface area contributed by atoms with Gasteiger partial charge in [0.15, 0.2) is 0 Å². The molecule has 0 aliphatic heterocycles. The molecule has 0 heterocycles. The van der Waals surface area contributed by atoms with Crippen LogP contribution in [0.4, 0.5) is 5.69 Å². The molecule has 17 heavy (non-hydrogen) atoms. The summed E-state index contributed by atoms with van der Waals surface area (Å²) in [4.78, 5) is 12.6. The van der Waals surface area contributed by atoms with E-state index in [1.54, 1.807) is 0 Å². The van der Waals surface area contributed by atoms with Gasteiger partial charge in [-0.05, 0) is 17.7 Å². The fourth-order valence-electron chi connectivity index (χ4n) is 1.53. The molecule has 0 saturated heterocycles. The summed E-state index contributed by atoms with van der Waals surface area (Å²) in [7, 11) is 3.92. The van der Waals surface area contributed by atoms with Crippen molar-refractivity contribution < 1.29 is 9.90 Å². The van der Waals surface area contributed by atoms with E-state index in [0.717, 1.165) is 11.3 Å². The maximum atomic E-state index is 10.6. The third-order valence-electron chi connectivity index (χ3n) is 2.57. The Kier molecular flexibility index (Phi) is 4.84. The number of aliphatic carboxylic acids is 1. The van der Waals surface area contributed by atoms with Crippen molar-refractivity contribution in [2.45, 2.75) is 17.7 Å². The topological polar surface area (TPSA) is 66.6 Å². The molecule has 0 aromatic heterocycles. The maximum absolute atomic E-state index is 10.6. The highest BCUT2D eigenvalue weighted by atomic mass is 32.1. The van der Waals surface area contributed by atoms with Crippen LogP contribution in [0.1, 0.15) is 17.2 Å². The third-order valence-corrected chi connectivity index (χ3v) is 3.25. The molecule has 3 N–H and O–H groups in total. The van der Waals surface area contributed by atoms with Crippen LogP contribution in [0.25, 0.3) is 0 Å². The summed E-state index contributed by atoms with van der Waals surface area (Å²) in [6, 6.07) is 7.29. The quantitative estimate of drug-likeness (QED) is 0.697. The van der Waals surface area contributed by atoms with Crippen molar-refractivity contribution in [3.8, 4) is 0 Å². The second-order valence-corrected chi connectivity index (χ2v) is 4.75. The second kappa shape index (κ2) is 5.93. The molecule has 0 saturated carbocycles. The van der Waals surface area contributed by atoms with Crippen LogP contribution in [0.2, 0.25) is 0 Å². The third kappa shape index (κ3) is 3.94. The molecule has 0 bridgehead atoms. The minimum absolute atomic E-state index is 0.0798. The maximum Gasteiger partial charge on any atom is 0.304 e. The molecule has 0 spiro atoms. The molecular weight excluding hydrogens is 236 g/mol. The smallest absolute Gasteiger partial charge is 0.304 e. The molecule has 1 aromatic carbocycles. The van der Waals surface area contributed by atoms with Crippen LogP contribution in [-0.4, -0.2) is 31.2 Å². The summed E-state index contributed by atoms with van der Waals surface area (Å²) in [6.45, 7) is 0. The summed E-state index contributed by atoms with van der Waals surface area (Å²) >= 11 is 4.37. The molecule has 0 aliphatic carbocycles. The molecule has 4 nitrogen and oxygen atoms in total. The van der Waals surface area contributed by atoms with E-state index in [1.807, 2.05) is 43.3 Å². The molecule has 0 radical (unpaired) electrons. The molecule has 0 amide bonds. The fraction of sp³-hybridized carbons (Fsp3) is 0.417.